The van der Waals surface area contributed by atoms with E-state index in [0.29, 0.717) is 29.4 Å². The Morgan fingerprint density at radius 3 is 2.47 bits per heavy atom. The highest BCUT2D eigenvalue weighted by Crippen LogP contribution is 2.29. The quantitative estimate of drug-likeness (QED) is 0.435. The SMILES string of the molecule is CC(C)c1c(C(=O)NCC2CCCCC2)nn(-c2ccc(F)cc2)c1/C=C/[C@@H](O)C[C@@H](O)CC(=O)[O-]. The summed E-state index contributed by atoms with van der Waals surface area (Å²) in [6.45, 7) is 4.45. The number of benzene rings is 1. The summed E-state index contributed by atoms with van der Waals surface area (Å²) in [6, 6.07) is 5.70. The number of carboxylic acids is 1. The van der Waals surface area contributed by atoms with Gasteiger partial charge in [0.25, 0.3) is 5.91 Å². The Labute approximate surface area is 210 Å². The number of carbonyl (C=O) groups excluding carboxylic acids is 2. The van der Waals surface area contributed by atoms with Crippen molar-refractivity contribution in [3.8, 4) is 5.69 Å². The third kappa shape index (κ3) is 7.48. The van der Waals surface area contributed by atoms with Crippen molar-refractivity contribution in [2.24, 2.45) is 5.92 Å². The minimum atomic E-state index is -1.40. The predicted molar refractivity (Wildman–Crippen MR) is 132 cm³/mol. The second kappa shape index (κ2) is 12.8. The van der Waals surface area contributed by atoms with E-state index in [4.69, 9.17) is 0 Å². The van der Waals surface area contributed by atoms with Crippen molar-refractivity contribution in [1.29, 1.82) is 0 Å². The van der Waals surface area contributed by atoms with E-state index in [0.717, 1.165) is 12.8 Å². The van der Waals surface area contributed by atoms with Crippen LogP contribution in [0.3, 0.4) is 0 Å². The molecule has 8 nitrogen and oxygen atoms in total. The van der Waals surface area contributed by atoms with Crippen LogP contribution in [0.25, 0.3) is 11.8 Å². The van der Waals surface area contributed by atoms with Crippen molar-refractivity contribution in [3.05, 3.63) is 53.1 Å². The third-order valence-electron chi connectivity index (χ3n) is 6.49. The number of aromatic nitrogens is 2. The van der Waals surface area contributed by atoms with Crippen molar-refractivity contribution in [1.82, 2.24) is 15.1 Å². The van der Waals surface area contributed by atoms with Crippen LogP contribution >= 0.6 is 0 Å². The van der Waals surface area contributed by atoms with Gasteiger partial charge in [-0.15, -0.1) is 0 Å². The number of rotatable bonds is 11. The number of carboxylic acid groups (broad SMARTS) is 1. The first-order valence-corrected chi connectivity index (χ1v) is 12.6. The molecule has 196 valence electrons. The molecule has 3 rings (SSSR count). The van der Waals surface area contributed by atoms with Gasteiger partial charge in [-0.25, -0.2) is 9.07 Å². The first-order chi connectivity index (χ1) is 17.2. The minimum absolute atomic E-state index is 0.102. The molecule has 1 aromatic carbocycles. The van der Waals surface area contributed by atoms with Crippen LogP contribution in [0, 0.1) is 11.7 Å². The van der Waals surface area contributed by atoms with Gasteiger partial charge in [0.15, 0.2) is 5.69 Å². The summed E-state index contributed by atoms with van der Waals surface area (Å²) in [7, 11) is 0. The molecule has 0 bridgehead atoms. The number of nitrogens with zero attached hydrogens (tertiary/aromatic N) is 2. The normalized spacial score (nSPS) is 16.4. The van der Waals surface area contributed by atoms with Crippen LogP contribution in [0.4, 0.5) is 4.39 Å². The smallest absolute Gasteiger partial charge is 0.272 e. The summed E-state index contributed by atoms with van der Waals surface area (Å²) in [4.78, 5) is 23.9. The number of halogens is 1. The van der Waals surface area contributed by atoms with E-state index in [1.807, 2.05) is 13.8 Å². The van der Waals surface area contributed by atoms with E-state index in [1.165, 1.54) is 42.2 Å². The predicted octanol–water partition coefficient (Wildman–Crippen LogP) is 2.71. The largest absolute Gasteiger partial charge is 0.550 e. The Bertz CT molecular complexity index is 1060. The molecule has 1 saturated carbocycles. The molecule has 0 unspecified atom stereocenters. The van der Waals surface area contributed by atoms with E-state index in [1.54, 1.807) is 18.2 Å². The lowest BCUT2D eigenvalue weighted by Gasteiger charge is -2.21. The molecule has 0 spiro atoms. The van der Waals surface area contributed by atoms with Crippen LogP contribution in [-0.4, -0.2) is 50.6 Å². The number of amides is 1. The molecular formula is C27H35FN3O5-. The molecule has 1 aromatic heterocycles. The van der Waals surface area contributed by atoms with Crippen molar-refractivity contribution in [3.63, 3.8) is 0 Å². The Morgan fingerprint density at radius 2 is 1.86 bits per heavy atom. The number of nitrogens with one attached hydrogen (secondary N) is 1. The van der Waals surface area contributed by atoms with Gasteiger partial charge in [0.2, 0.25) is 0 Å². The number of hydrogen-bond acceptors (Lipinski definition) is 6. The first-order valence-electron chi connectivity index (χ1n) is 12.6. The Morgan fingerprint density at radius 1 is 1.19 bits per heavy atom. The maximum absolute atomic E-state index is 13.6. The van der Waals surface area contributed by atoms with Gasteiger partial charge in [0.05, 0.1) is 23.6 Å². The highest BCUT2D eigenvalue weighted by molar-refractivity contribution is 5.95. The van der Waals surface area contributed by atoms with Crippen molar-refractivity contribution in [2.45, 2.75) is 76.9 Å². The summed E-state index contributed by atoms with van der Waals surface area (Å²) in [5.74, 6) is -1.75. The first kappa shape index (κ1) is 27.5. The summed E-state index contributed by atoms with van der Waals surface area (Å²) in [5, 5.41) is 38.5. The third-order valence-corrected chi connectivity index (χ3v) is 6.49. The van der Waals surface area contributed by atoms with Gasteiger partial charge in [-0.2, -0.15) is 5.10 Å². The zero-order valence-electron chi connectivity index (χ0n) is 20.8. The van der Waals surface area contributed by atoms with Crippen molar-refractivity contribution < 1.29 is 29.3 Å². The van der Waals surface area contributed by atoms with E-state index in [-0.39, 0.29) is 23.9 Å². The lowest BCUT2D eigenvalue weighted by molar-refractivity contribution is -0.307. The number of hydrogen-bond donors (Lipinski definition) is 3. The van der Waals surface area contributed by atoms with Gasteiger partial charge in [-0.05, 0) is 55.0 Å². The van der Waals surface area contributed by atoms with Gasteiger partial charge in [-0.3, -0.25) is 4.79 Å². The monoisotopic (exact) mass is 500 g/mol. The minimum Gasteiger partial charge on any atom is -0.550 e. The van der Waals surface area contributed by atoms with Gasteiger partial charge >= 0.3 is 0 Å². The number of aliphatic hydroxyl groups is 2. The molecule has 1 fully saturated rings. The lowest BCUT2D eigenvalue weighted by Crippen LogP contribution is -2.31. The molecule has 0 aliphatic heterocycles. The maximum atomic E-state index is 13.6. The summed E-state index contributed by atoms with van der Waals surface area (Å²) in [5.41, 5.74) is 2.00. The molecular weight excluding hydrogens is 465 g/mol. The highest BCUT2D eigenvalue weighted by Gasteiger charge is 2.25. The van der Waals surface area contributed by atoms with E-state index in [2.05, 4.69) is 10.4 Å². The molecule has 1 aliphatic rings. The summed E-state index contributed by atoms with van der Waals surface area (Å²) in [6.07, 6.45) is 5.61. The van der Waals surface area contributed by atoms with Crippen molar-refractivity contribution in [2.75, 3.05) is 6.54 Å². The van der Waals surface area contributed by atoms with E-state index >= 15 is 0 Å². The summed E-state index contributed by atoms with van der Waals surface area (Å²) >= 11 is 0. The van der Waals surface area contributed by atoms with Gasteiger partial charge in [0.1, 0.15) is 5.82 Å². The maximum Gasteiger partial charge on any atom is 0.272 e. The number of aliphatic carboxylic acids is 1. The van der Waals surface area contributed by atoms with Crippen LogP contribution in [0.1, 0.15) is 86.5 Å². The van der Waals surface area contributed by atoms with Crippen LogP contribution in [0.15, 0.2) is 30.3 Å². The Balaban J connectivity index is 1.93. The average molecular weight is 501 g/mol. The second-order valence-corrected chi connectivity index (χ2v) is 9.80. The Kier molecular flexibility index (Phi) is 9.78. The van der Waals surface area contributed by atoms with E-state index < -0.39 is 30.4 Å². The molecule has 9 heteroatoms. The van der Waals surface area contributed by atoms with Crippen LogP contribution < -0.4 is 10.4 Å². The highest BCUT2D eigenvalue weighted by atomic mass is 19.1. The molecule has 1 aliphatic carbocycles. The molecule has 1 heterocycles. The molecule has 3 N–H and O–H groups in total. The Hall–Kier alpha value is -3.04. The molecule has 36 heavy (non-hydrogen) atoms. The standard InChI is InChI=1S/C27H36FN3O5/c1-17(2)25-23(13-12-21(32)14-22(33)15-24(34)35)31(20-10-8-19(28)9-11-20)30-26(25)27(36)29-16-18-6-4-3-5-7-18/h8-13,17-18,21-22,32-33H,3-7,14-16H2,1-2H3,(H,29,36)(H,34,35)/p-1/b13-12+/t21-,22-/m1/s1. The fraction of sp³-hybridized carbons (Fsp3) is 0.519. The van der Waals surface area contributed by atoms with Crippen LogP contribution in [0.2, 0.25) is 0 Å². The lowest BCUT2D eigenvalue weighted by atomic mass is 9.89. The topological polar surface area (TPSA) is 128 Å². The van der Waals surface area contributed by atoms with Crippen molar-refractivity contribution >= 4 is 18.0 Å². The molecule has 2 aromatic rings. The fourth-order valence-electron chi connectivity index (χ4n) is 4.67. The fourth-order valence-corrected chi connectivity index (χ4v) is 4.67. The molecule has 2 atom stereocenters. The number of aliphatic hydroxyl groups excluding tert-OH is 2. The summed E-state index contributed by atoms with van der Waals surface area (Å²) < 4.78 is 15.1. The van der Waals surface area contributed by atoms with Gasteiger partial charge in [0, 0.05) is 30.9 Å². The molecule has 0 saturated heterocycles. The molecule has 1 amide bonds. The average Bonchev–Trinajstić information content (AvgIpc) is 3.21. The van der Waals surface area contributed by atoms with Crippen LogP contribution in [-0.2, 0) is 4.79 Å². The van der Waals surface area contributed by atoms with E-state index in [9.17, 15) is 29.3 Å². The number of carbonyl (C=O) groups is 2. The second-order valence-electron chi connectivity index (χ2n) is 9.80. The van der Waals surface area contributed by atoms with Crippen LogP contribution in [0.5, 0.6) is 0 Å². The van der Waals surface area contributed by atoms with Gasteiger partial charge in [-0.1, -0.05) is 39.2 Å². The zero-order chi connectivity index (χ0) is 26.2. The molecule has 0 radical (unpaired) electrons. The van der Waals surface area contributed by atoms with Gasteiger partial charge < -0.3 is 25.4 Å². The zero-order valence-corrected chi connectivity index (χ0v) is 20.8.